The maximum atomic E-state index is 12.6. The summed E-state index contributed by atoms with van der Waals surface area (Å²) in [5.41, 5.74) is 42.8. The van der Waals surface area contributed by atoms with Crippen molar-refractivity contribution in [1.29, 1.82) is 0 Å². The zero-order valence-corrected chi connectivity index (χ0v) is 21.5. The Balaban J connectivity index is 1.82. The number of amides is 1. The minimum Gasteiger partial charge on any atom is -0.394 e. The molecule has 222 valence electrons. The molecule has 18 N–H and O–H groups in total. The summed E-state index contributed by atoms with van der Waals surface area (Å²) in [4.78, 5) is 12.6. The summed E-state index contributed by atoms with van der Waals surface area (Å²) >= 11 is 0. The SMILES string of the molecule is NCC[C@H](O)C(=O)N[C@@H]1C[C@H](N)[C@@H](O[C@H]2O[C@H](CN)CC[C@H]2N)[C@H](N)[C@@H]1O[C@H]1O[C@H](CO)[C@@H](O)[C@H](N)[C@H]1N. The number of ether oxygens (including phenoxy) is 4. The molecule has 0 spiro atoms. The lowest BCUT2D eigenvalue weighted by atomic mass is 9.82. The van der Waals surface area contributed by atoms with Crippen molar-refractivity contribution < 1.29 is 39.1 Å². The zero-order valence-electron chi connectivity index (χ0n) is 21.5. The summed E-state index contributed by atoms with van der Waals surface area (Å²) in [6, 6.07) is -4.80. The van der Waals surface area contributed by atoms with Gasteiger partial charge in [-0.2, -0.15) is 0 Å². The van der Waals surface area contributed by atoms with Crippen molar-refractivity contribution in [1.82, 2.24) is 5.32 Å². The lowest BCUT2D eigenvalue weighted by molar-refractivity contribution is -0.278. The van der Waals surface area contributed by atoms with Gasteiger partial charge in [-0.25, -0.2) is 0 Å². The average molecular weight is 551 g/mol. The van der Waals surface area contributed by atoms with Gasteiger partial charge in [0.15, 0.2) is 12.6 Å². The van der Waals surface area contributed by atoms with Gasteiger partial charge in [0.05, 0.1) is 61.2 Å². The Kier molecular flexibility index (Phi) is 11.6. The van der Waals surface area contributed by atoms with Crippen LogP contribution in [0, 0.1) is 0 Å². The molecule has 0 aromatic heterocycles. The van der Waals surface area contributed by atoms with Gasteiger partial charge in [-0.05, 0) is 32.2 Å². The Morgan fingerprint density at radius 3 is 2.26 bits per heavy atom. The topological polar surface area (TPSA) is 309 Å². The molecule has 2 aliphatic heterocycles. The Hall–Kier alpha value is -1.09. The number of rotatable bonds is 10. The zero-order chi connectivity index (χ0) is 28.1. The van der Waals surface area contributed by atoms with Crippen molar-refractivity contribution >= 4 is 5.91 Å². The number of carbonyl (C=O) groups excluding carboxylic acids is 1. The molecule has 3 rings (SSSR count). The van der Waals surface area contributed by atoms with Gasteiger partial charge in [-0.1, -0.05) is 0 Å². The van der Waals surface area contributed by atoms with Gasteiger partial charge in [0, 0.05) is 12.6 Å². The fraction of sp³-hybridized carbons (Fsp3) is 0.955. The molecule has 2 heterocycles. The van der Waals surface area contributed by atoms with E-state index in [0.29, 0.717) is 19.4 Å². The highest BCUT2D eigenvalue weighted by atomic mass is 16.7. The van der Waals surface area contributed by atoms with Crippen LogP contribution >= 0.6 is 0 Å². The fourth-order valence-corrected chi connectivity index (χ4v) is 5.15. The molecule has 38 heavy (non-hydrogen) atoms. The van der Waals surface area contributed by atoms with Crippen LogP contribution in [0.2, 0.25) is 0 Å². The summed E-state index contributed by atoms with van der Waals surface area (Å²) in [5, 5.41) is 32.7. The first-order valence-electron chi connectivity index (χ1n) is 13.1. The van der Waals surface area contributed by atoms with E-state index in [1.165, 1.54) is 0 Å². The molecule has 1 aliphatic carbocycles. The normalized spacial score (nSPS) is 44.9. The monoisotopic (exact) mass is 550 g/mol. The molecule has 1 saturated carbocycles. The molecule has 14 atom stereocenters. The molecular formula is C22H46N8O8. The maximum Gasteiger partial charge on any atom is 0.249 e. The second-order valence-corrected chi connectivity index (χ2v) is 10.4. The quantitative estimate of drug-likeness (QED) is 0.120. The molecule has 16 nitrogen and oxygen atoms in total. The second kappa shape index (κ2) is 14.0. The van der Waals surface area contributed by atoms with Crippen LogP contribution in [-0.2, 0) is 23.7 Å². The lowest BCUT2D eigenvalue weighted by Gasteiger charge is -2.49. The molecule has 3 aliphatic rings. The van der Waals surface area contributed by atoms with Crippen LogP contribution in [-0.4, -0.2) is 126 Å². The van der Waals surface area contributed by atoms with Crippen LogP contribution in [0.4, 0.5) is 0 Å². The van der Waals surface area contributed by atoms with E-state index in [2.05, 4.69) is 5.32 Å². The van der Waals surface area contributed by atoms with Crippen molar-refractivity contribution in [3.8, 4) is 0 Å². The Labute approximate surface area is 221 Å². The van der Waals surface area contributed by atoms with E-state index in [1.54, 1.807) is 0 Å². The first kappa shape index (κ1) is 31.4. The third-order valence-electron chi connectivity index (χ3n) is 7.54. The fourth-order valence-electron chi connectivity index (χ4n) is 5.15. The van der Waals surface area contributed by atoms with Gasteiger partial charge in [0.2, 0.25) is 5.91 Å². The minimum absolute atomic E-state index is 0.0503. The van der Waals surface area contributed by atoms with E-state index in [9.17, 15) is 20.1 Å². The number of aliphatic hydroxyl groups excluding tert-OH is 3. The number of hydrogen-bond acceptors (Lipinski definition) is 15. The van der Waals surface area contributed by atoms with Crippen LogP contribution in [0.25, 0.3) is 0 Å². The van der Waals surface area contributed by atoms with Gasteiger partial charge in [0.25, 0.3) is 0 Å². The Morgan fingerprint density at radius 1 is 0.947 bits per heavy atom. The van der Waals surface area contributed by atoms with Crippen molar-refractivity contribution in [2.45, 2.75) is 111 Å². The highest BCUT2D eigenvalue weighted by Crippen LogP contribution is 2.30. The molecular weight excluding hydrogens is 504 g/mol. The van der Waals surface area contributed by atoms with E-state index in [1.807, 2.05) is 0 Å². The molecule has 0 aromatic rings. The molecule has 3 fully saturated rings. The first-order chi connectivity index (χ1) is 18.0. The van der Waals surface area contributed by atoms with Crippen molar-refractivity contribution in [3.63, 3.8) is 0 Å². The standard InChI is InChI=1S/C22H46N8O8/c23-4-3-12(32)20(34)30-11-5-10(26)18(37-21-9(25)2-1-8(6-24)35-21)16(29)19(11)38-22-15(28)14(27)17(33)13(7-31)36-22/h8-19,21-22,31-33H,1-7,23-29H2,(H,30,34)/t8-,9+,10-,11+,12-,13+,14+,15+,16-,17+,18+,19+,21+,22+/m0/s1. The van der Waals surface area contributed by atoms with Gasteiger partial charge in [-0.15, -0.1) is 0 Å². The first-order valence-corrected chi connectivity index (χ1v) is 13.1. The molecule has 2 saturated heterocycles. The van der Waals surface area contributed by atoms with Crippen molar-refractivity contribution in [2.75, 3.05) is 19.7 Å². The van der Waals surface area contributed by atoms with E-state index in [-0.39, 0.29) is 25.5 Å². The summed E-state index contributed by atoms with van der Waals surface area (Å²) in [6.45, 7) is -0.123. The Morgan fingerprint density at radius 2 is 1.63 bits per heavy atom. The number of nitrogens with one attached hydrogen (secondary N) is 1. The summed E-state index contributed by atoms with van der Waals surface area (Å²) in [6.07, 6.45) is -6.13. The van der Waals surface area contributed by atoms with E-state index in [4.69, 9.17) is 59.1 Å². The largest absolute Gasteiger partial charge is 0.394 e. The van der Waals surface area contributed by atoms with Crippen LogP contribution in [0.5, 0.6) is 0 Å². The maximum absolute atomic E-state index is 12.6. The summed E-state index contributed by atoms with van der Waals surface area (Å²) in [7, 11) is 0. The number of hydrogen-bond donors (Lipinski definition) is 11. The smallest absolute Gasteiger partial charge is 0.249 e. The summed E-state index contributed by atoms with van der Waals surface area (Å²) < 4.78 is 23.9. The lowest BCUT2D eigenvalue weighted by Crippen LogP contribution is -2.71. The van der Waals surface area contributed by atoms with Gasteiger partial charge in [0.1, 0.15) is 12.2 Å². The van der Waals surface area contributed by atoms with Crippen LogP contribution < -0.4 is 45.5 Å². The highest BCUT2D eigenvalue weighted by molar-refractivity contribution is 5.80. The van der Waals surface area contributed by atoms with Crippen LogP contribution in [0.15, 0.2) is 0 Å². The molecule has 0 unspecified atom stereocenters. The van der Waals surface area contributed by atoms with E-state index >= 15 is 0 Å². The van der Waals surface area contributed by atoms with E-state index < -0.39 is 91.9 Å². The molecule has 0 radical (unpaired) electrons. The van der Waals surface area contributed by atoms with E-state index in [0.717, 1.165) is 0 Å². The number of carbonyl (C=O) groups is 1. The second-order valence-electron chi connectivity index (χ2n) is 10.4. The van der Waals surface area contributed by atoms with Crippen molar-refractivity contribution in [2.24, 2.45) is 40.1 Å². The van der Waals surface area contributed by atoms with Crippen LogP contribution in [0.3, 0.4) is 0 Å². The average Bonchev–Trinajstić information content (AvgIpc) is 2.89. The van der Waals surface area contributed by atoms with Crippen molar-refractivity contribution in [3.05, 3.63) is 0 Å². The predicted molar refractivity (Wildman–Crippen MR) is 135 cm³/mol. The van der Waals surface area contributed by atoms with Gasteiger partial charge < -0.3 is 79.7 Å². The predicted octanol–water partition coefficient (Wildman–Crippen LogP) is -6.47. The molecule has 0 aromatic carbocycles. The summed E-state index contributed by atoms with van der Waals surface area (Å²) in [5.74, 6) is -0.675. The third kappa shape index (κ3) is 7.15. The third-order valence-corrected chi connectivity index (χ3v) is 7.54. The number of nitrogens with two attached hydrogens (primary N) is 7. The van der Waals surface area contributed by atoms with Gasteiger partial charge >= 0.3 is 0 Å². The van der Waals surface area contributed by atoms with Crippen LogP contribution in [0.1, 0.15) is 25.7 Å². The molecule has 16 heteroatoms. The highest BCUT2D eigenvalue weighted by Gasteiger charge is 2.50. The van der Waals surface area contributed by atoms with Gasteiger partial charge in [-0.3, -0.25) is 4.79 Å². The number of aliphatic hydroxyl groups is 3. The Bertz CT molecular complexity index is 756. The minimum atomic E-state index is -1.35. The molecule has 0 bridgehead atoms. The molecule has 1 amide bonds.